The van der Waals surface area contributed by atoms with Gasteiger partial charge in [-0.1, -0.05) is 42.3 Å². The Balaban J connectivity index is 1.43. The molecule has 39 heavy (non-hydrogen) atoms. The van der Waals surface area contributed by atoms with Crippen molar-refractivity contribution in [3.8, 4) is 23.1 Å². The van der Waals surface area contributed by atoms with Crippen LogP contribution in [0.1, 0.15) is 40.3 Å². The second-order valence-corrected chi connectivity index (χ2v) is 8.96. The number of nitrogens with one attached hydrogen (secondary N) is 1. The minimum absolute atomic E-state index is 0.0994. The maximum Gasteiger partial charge on any atom is 0.259 e. The van der Waals surface area contributed by atoms with E-state index < -0.39 is 11.9 Å². The number of aryl methyl sites for hydroxylation is 1. The number of fused-ring (bicyclic) bond motifs is 2. The number of nitrogens with zero attached hydrogens (tertiary/aromatic N) is 7. The van der Waals surface area contributed by atoms with Gasteiger partial charge in [0.15, 0.2) is 11.5 Å². The monoisotopic (exact) mass is 513 g/mol. The summed E-state index contributed by atoms with van der Waals surface area (Å²) in [6, 6.07) is 18.5. The van der Waals surface area contributed by atoms with E-state index in [1.54, 1.807) is 23.1 Å². The molecule has 0 fully saturated rings. The molecule has 4 heterocycles. The second kappa shape index (κ2) is 9.72. The van der Waals surface area contributed by atoms with Gasteiger partial charge in [-0.2, -0.15) is 5.10 Å². The minimum Gasteiger partial charge on any atom is -0.381 e. The number of nitrogens with two attached hydrogens (primary N) is 1. The summed E-state index contributed by atoms with van der Waals surface area (Å²) in [6.07, 6.45) is 5.13. The van der Waals surface area contributed by atoms with Crippen molar-refractivity contribution in [3.63, 3.8) is 0 Å². The van der Waals surface area contributed by atoms with Gasteiger partial charge in [-0.15, -0.1) is 5.10 Å². The van der Waals surface area contributed by atoms with Crippen molar-refractivity contribution in [2.75, 3.05) is 5.73 Å². The number of nitrogen functional groups attached to an aromatic ring is 1. The number of rotatable bonds is 4. The van der Waals surface area contributed by atoms with Gasteiger partial charge in [-0.25, -0.2) is 19.5 Å². The largest absolute Gasteiger partial charge is 0.381 e. The Labute approximate surface area is 223 Å². The van der Waals surface area contributed by atoms with Crippen LogP contribution in [0.3, 0.4) is 0 Å². The second-order valence-electron chi connectivity index (χ2n) is 8.96. The lowest BCUT2D eigenvalue weighted by molar-refractivity contribution is 0.0941. The van der Waals surface area contributed by atoms with Crippen molar-refractivity contribution in [2.24, 2.45) is 7.05 Å². The first-order valence-electron chi connectivity index (χ1n) is 12.3. The first-order chi connectivity index (χ1) is 19.0. The lowest BCUT2D eigenvalue weighted by Crippen LogP contribution is -2.28. The Hall–Kier alpha value is -5.56. The fraction of sp³-hybridized carbons (Fsp3) is 0.103. The summed E-state index contributed by atoms with van der Waals surface area (Å²) in [6.45, 7) is 1.86. The van der Waals surface area contributed by atoms with Crippen LogP contribution < -0.4 is 11.1 Å². The van der Waals surface area contributed by atoms with E-state index in [0.717, 1.165) is 11.1 Å². The third-order valence-electron chi connectivity index (χ3n) is 6.22. The lowest BCUT2D eigenvalue weighted by Gasteiger charge is -2.18. The van der Waals surface area contributed by atoms with E-state index >= 15 is 0 Å². The Morgan fingerprint density at radius 2 is 1.82 bits per heavy atom. The van der Waals surface area contributed by atoms with E-state index in [1.165, 1.54) is 4.52 Å². The van der Waals surface area contributed by atoms with E-state index in [4.69, 9.17) is 15.7 Å². The predicted octanol–water partition coefficient (Wildman–Crippen LogP) is 3.55. The summed E-state index contributed by atoms with van der Waals surface area (Å²) < 4.78 is 3.19. The van der Waals surface area contributed by atoms with Crippen LogP contribution in [0.4, 0.5) is 5.82 Å². The lowest BCUT2D eigenvalue weighted by atomic mass is 10.0. The first-order valence-corrected chi connectivity index (χ1v) is 12.3. The van der Waals surface area contributed by atoms with Crippen molar-refractivity contribution >= 4 is 28.4 Å². The highest BCUT2D eigenvalue weighted by Crippen LogP contribution is 2.29. The summed E-state index contributed by atoms with van der Waals surface area (Å²) in [4.78, 5) is 27.6. The van der Waals surface area contributed by atoms with E-state index in [9.17, 15) is 4.79 Å². The maximum atomic E-state index is 13.4. The number of benzene rings is 2. The standard InChI is InChI=1S/C29H23N9O/c1-18(32-29(39)23-27(30)36-38-16-7-15-31-28(23)38)24-26(19-8-4-3-5-9-19)34-25-20(10-6-11-22(25)33-24)12-13-21-14-17-37(2)35-21/h3-11,14-18H,1-2H3,(H2,30,36)(H,32,39). The molecule has 0 saturated heterocycles. The van der Waals surface area contributed by atoms with Crippen LogP contribution in [-0.4, -0.2) is 40.3 Å². The first kappa shape index (κ1) is 23.8. The van der Waals surface area contributed by atoms with Gasteiger partial charge in [0.1, 0.15) is 16.8 Å². The molecular formula is C29H23N9O. The van der Waals surface area contributed by atoms with Crippen LogP contribution in [0.15, 0.2) is 79.3 Å². The van der Waals surface area contributed by atoms with Crippen LogP contribution >= 0.6 is 0 Å². The van der Waals surface area contributed by atoms with Gasteiger partial charge in [-0.3, -0.25) is 9.48 Å². The van der Waals surface area contributed by atoms with Crippen LogP contribution in [0.5, 0.6) is 0 Å². The number of amides is 1. The van der Waals surface area contributed by atoms with Crippen LogP contribution in [0.2, 0.25) is 0 Å². The zero-order valence-corrected chi connectivity index (χ0v) is 21.2. The van der Waals surface area contributed by atoms with E-state index in [0.29, 0.717) is 33.8 Å². The fourth-order valence-electron chi connectivity index (χ4n) is 4.37. The van der Waals surface area contributed by atoms with Crippen LogP contribution in [0.25, 0.3) is 27.9 Å². The molecule has 10 heteroatoms. The van der Waals surface area contributed by atoms with Crippen LogP contribution in [0, 0.1) is 11.8 Å². The highest BCUT2D eigenvalue weighted by molar-refractivity contribution is 6.04. The Bertz CT molecular complexity index is 1910. The molecule has 1 unspecified atom stereocenters. The highest BCUT2D eigenvalue weighted by Gasteiger charge is 2.24. The molecule has 2 aromatic carbocycles. The van der Waals surface area contributed by atoms with E-state index in [-0.39, 0.29) is 11.4 Å². The molecule has 1 amide bonds. The molecule has 0 radical (unpaired) electrons. The molecule has 3 N–H and O–H groups in total. The van der Waals surface area contributed by atoms with Crippen molar-refractivity contribution in [2.45, 2.75) is 13.0 Å². The fourth-order valence-corrected chi connectivity index (χ4v) is 4.37. The third kappa shape index (κ3) is 4.53. The van der Waals surface area contributed by atoms with Crippen molar-refractivity contribution in [1.29, 1.82) is 0 Å². The van der Waals surface area contributed by atoms with Gasteiger partial charge in [0.2, 0.25) is 0 Å². The maximum absolute atomic E-state index is 13.4. The average Bonchev–Trinajstić information content (AvgIpc) is 3.52. The average molecular weight is 514 g/mol. The summed E-state index contributed by atoms with van der Waals surface area (Å²) in [5.74, 6) is 5.99. The number of hydrogen-bond donors (Lipinski definition) is 2. The Morgan fingerprint density at radius 3 is 2.62 bits per heavy atom. The normalized spacial score (nSPS) is 11.7. The zero-order valence-electron chi connectivity index (χ0n) is 21.2. The molecule has 0 saturated carbocycles. The molecule has 0 spiro atoms. The van der Waals surface area contributed by atoms with Crippen molar-refractivity contribution < 1.29 is 4.79 Å². The van der Waals surface area contributed by atoms with Crippen molar-refractivity contribution in [1.82, 2.24) is 39.7 Å². The number of carbonyl (C=O) groups excluding carboxylic acids is 1. The number of carbonyl (C=O) groups is 1. The molecule has 6 rings (SSSR count). The Kier molecular flexibility index (Phi) is 5.93. The molecule has 0 aliphatic heterocycles. The van der Waals surface area contributed by atoms with Gasteiger partial charge in [0.25, 0.3) is 5.91 Å². The molecule has 0 aliphatic carbocycles. The molecule has 190 valence electrons. The SMILES string of the molecule is CC(NC(=O)c1c(N)nn2cccnc12)c1nc2cccc(C#Cc3ccn(C)n3)c2nc1-c1ccccc1. The molecule has 0 aliphatic rings. The van der Waals surface area contributed by atoms with Gasteiger partial charge in [0, 0.05) is 31.2 Å². The molecular weight excluding hydrogens is 490 g/mol. The molecule has 6 aromatic rings. The smallest absolute Gasteiger partial charge is 0.259 e. The highest BCUT2D eigenvalue weighted by atomic mass is 16.1. The van der Waals surface area contributed by atoms with Crippen LogP contribution in [-0.2, 0) is 7.05 Å². The van der Waals surface area contributed by atoms with E-state index in [1.807, 2.05) is 74.8 Å². The number of hydrogen-bond acceptors (Lipinski definition) is 7. The van der Waals surface area contributed by atoms with Gasteiger partial charge >= 0.3 is 0 Å². The van der Waals surface area contributed by atoms with Gasteiger partial charge < -0.3 is 11.1 Å². The number of aromatic nitrogens is 7. The quantitative estimate of drug-likeness (QED) is 0.345. The molecule has 10 nitrogen and oxygen atoms in total. The van der Waals surface area contributed by atoms with Gasteiger partial charge in [0.05, 0.1) is 28.5 Å². The summed E-state index contributed by atoms with van der Waals surface area (Å²) in [5, 5.41) is 11.5. The molecule has 1 atom stereocenters. The van der Waals surface area contributed by atoms with E-state index in [2.05, 4.69) is 32.3 Å². The molecule has 4 aromatic heterocycles. The summed E-state index contributed by atoms with van der Waals surface area (Å²) in [7, 11) is 1.85. The number of anilines is 1. The van der Waals surface area contributed by atoms with Gasteiger partial charge in [-0.05, 0) is 37.1 Å². The summed E-state index contributed by atoms with van der Waals surface area (Å²) in [5.41, 5.74) is 11.5. The zero-order chi connectivity index (χ0) is 26.9. The summed E-state index contributed by atoms with van der Waals surface area (Å²) >= 11 is 0. The minimum atomic E-state index is -0.508. The topological polar surface area (TPSA) is 129 Å². The predicted molar refractivity (Wildman–Crippen MR) is 147 cm³/mol. The molecule has 0 bridgehead atoms. The van der Waals surface area contributed by atoms with Crippen molar-refractivity contribution in [3.05, 3.63) is 102 Å². The Morgan fingerprint density at radius 1 is 0.974 bits per heavy atom. The number of para-hydroxylation sites is 1. The third-order valence-corrected chi connectivity index (χ3v) is 6.22.